The van der Waals surface area contributed by atoms with E-state index < -0.39 is 9.84 Å². The summed E-state index contributed by atoms with van der Waals surface area (Å²) in [6.45, 7) is 1.89. The molecule has 0 aliphatic carbocycles. The molecule has 0 aliphatic heterocycles. The molecule has 0 spiro atoms. The summed E-state index contributed by atoms with van der Waals surface area (Å²) >= 11 is 9.01. The summed E-state index contributed by atoms with van der Waals surface area (Å²) < 4.78 is 23.7. The van der Waals surface area contributed by atoms with Crippen LogP contribution in [-0.4, -0.2) is 19.5 Å². The van der Waals surface area contributed by atoms with Gasteiger partial charge in [-0.25, -0.2) is 8.42 Å². The summed E-state index contributed by atoms with van der Waals surface area (Å²) in [5.41, 5.74) is 0. The molecule has 1 aromatic rings. The molecule has 0 fully saturated rings. The predicted molar refractivity (Wildman–Crippen MR) is 66.5 cm³/mol. The first-order chi connectivity index (χ1) is 6.95. The van der Waals surface area contributed by atoms with Crippen LogP contribution in [-0.2, 0) is 9.84 Å². The predicted octanol–water partition coefficient (Wildman–Crippen LogP) is 3.14. The van der Waals surface area contributed by atoms with Crippen molar-refractivity contribution >= 4 is 37.4 Å². The standard InChI is InChI=1S/C10H12BrClO2S/c1-8(6-11)7-15(13,14)10-4-2-3-9(12)5-10/h2-5,8H,6-7H2,1H3. The van der Waals surface area contributed by atoms with Gasteiger partial charge in [-0.2, -0.15) is 0 Å². The molecule has 5 heteroatoms. The third-order valence-corrected chi connectivity index (χ3v) is 5.24. The fraction of sp³-hybridized carbons (Fsp3) is 0.400. The zero-order valence-corrected chi connectivity index (χ0v) is 11.4. The van der Waals surface area contributed by atoms with E-state index in [1.807, 2.05) is 6.92 Å². The fourth-order valence-corrected chi connectivity index (χ4v) is 3.61. The summed E-state index contributed by atoms with van der Waals surface area (Å²) in [4.78, 5) is 0.294. The fourth-order valence-electron chi connectivity index (χ4n) is 1.18. The van der Waals surface area contributed by atoms with Crippen molar-refractivity contribution < 1.29 is 8.42 Å². The minimum absolute atomic E-state index is 0.0916. The van der Waals surface area contributed by atoms with Gasteiger partial charge in [-0.3, -0.25) is 0 Å². The molecule has 1 unspecified atom stereocenters. The highest BCUT2D eigenvalue weighted by atomic mass is 79.9. The maximum atomic E-state index is 11.9. The number of alkyl halides is 1. The van der Waals surface area contributed by atoms with E-state index >= 15 is 0 Å². The Morgan fingerprint density at radius 2 is 2.13 bits per heavy atom. The van der Waals surface area contributed by atoms with E-state index in [0.717, 1.165) is 0 Å². The Balaban J connectivity index is 2.96. The summed E-state index contributed by atoms with van der Waals surface area (Å²) in [6, 6.07) is 6.36. The molecule has 0 aromatic heterocycles. The van der Waals surface area contributed by atoms with E-state index in [0.29, 0.717) is 15.2 Å². The second kappa shape index (κ2) is 5.32. The van der Waals surface area contributed by atoms with Crippen LogP contribution < -0.4 is 0 Å². The normalized spacial score (nSPS) is 13.8. The van der Waals surface area contributed by atoms with Gasteiger partial charge in [-0.05, 0) is 24.1 Å². The SMILES string of the molecule is CC(CBr)CS(=O)(=O)c1cccc(Cl)c1. The maximum Gasteiger partial charge on any atom is 0.178 e. The van der Waals surface area contributed by atoms with E-state index in [1.54, 1.807) is 18.2 Å². The van der Waals surface area contributed by atoms with Crippen molar-refractivity contribution in [2.75, 3.05) is 11.1 Å². The van der Waals surface area contributed by atoms with Crippen LogP contribution >= 0.6 is 27.5 Å². The van der Waals surface area contributed by atoms with Gasteiger partial charge in [0.05, 0.1) is 10.6 Å². The summed E-state index contributed by atoms with van der Waals surface area (Å²) in [7, 11) is -3.21. The van der Waals surface area contributed by atoms with Gasteiger partial charge in [0.1, 0.15) is 0 Å². The van der Waals surface area contributed by atoms with Crippen LogP contribution in [0.1, 0.15) is 6.92 Å². The van der Waals surface area contributed by atoms with Crippen molar-refractivity contribution in [3.8, 4) is 0 Å². The average Bonchev–Trinajstić information content (AvgIpc) is 2.17. The van der Waals surface area contributed by atoms with Crippen LogP contribution in [0.3, 0.4) is 0 Å². The molecule has 1 rings (SSSR count). The van der Waals surface area contributed by atoms with Gasteiger partial charge >= 0.3 is 0 Å². The topological polar surface area (TPSA) is 34.1 Å². The lowest BCUT2D eigenvalue weighted by Crippen LogP contribution is -2.14. The minimum Gasteiger partial charge on any atom is -0.224 e. The summed E-state index contributed by atoms with van der Waals surface area (Å²) in [5, 5.41) is 1.12. The Labute approximate surface area is 104 Å². The van der Waals surface area contributed by atoms with Crippen LogP contribution in [0.4, 0.5) is 0 Å². The lowest BCUT2D eigenvalue weighted by Gasteiger charge is -2.08. The molecular formula is C10H12BrClO2S. The number of hydrogen-bond acceptors (Lipinski definition) is 2. The molecular weight excluding hydrogens is 300 g/mol. The first-order valence-corrected chi connectivity index (χ1v) is 7.65. The van der Waals surface area contributed by atoms with Crippen molar-refractivity contribution in [2.45, 2.75) is 11.8 Å². The van der Waals surface area contributed by atoms with Crippen LogP contribution in [0.15, 0.2) is 29.2 Å². The van der Waals surface area contributed by atoms with Gasteiger partial charge in [0, 0.05) is 10.4 Å². The first kappa shape index (κ1) is 13.0. The van der Waals surface area contributed by atoms with Crippen LogP contribution in [0.5, 0.6) is 0 Å². The number of rotatable bonds is 4. The van der Waals surface area contributed by atoms with Gasteiger partial charge < -0.3 is 0 Å². The van der Waals surface area contributed by atoms with Crippen molar-refractivity contribution in [1.29, 1.82) is 0 Å². The molecule has 0 radical (unpaired) electrons. The van der Waals surface area contributed by atoms with Crippen molar-refractivity contribution in [3.05, 3.63) is 29.3 Å². The molecule has 0 N–H and O–H groups in total. The molecule has 0 bridgehead atoms. The van der Waals surface area contributed by atoms with Gasteiger partial charge in [0.15, 0.2) is 9.84 Å². The Bertz CT molecular complexity index is 431. The molecule has 0 amide bonds. The molecule has 84 valence electrons. The Morgan fingerprint density at radius 1 is 1.47 bits per heavy atom. The largest absolute Gasteiger partial charge is 0.224 e. The molecule has 0 saturated carbocycles. The molecule has 2 nitrogen and oxygen atoms in total. The van der Waals surface area contributed by atoms with E-state index in [9.17, 15) is 8.42 Å². The highest BCUT2D eigenvalue weighted by Crippen LogP contribution is 2.19. The van der Waals surface area contributed by atoms with Crippen molar-refractivity contribution in [1.82, 2.24) is 0 Å². The van der Waals surface area contributed by atoms with Gasteiger partial charge in [0.2, 0.25) is 0 Å². The zero-order valence-electron chi connectivity index (χ0n) is 8.28. The third kappa shape index (κ3) is 3.78. The molecule has 1 aromatic carbocycles. The lowest BCUT2D eigenvalue weighted by atomic mass is 10.3. The van der Waals surface area contributed by atoms with Crippen LogP contribution in [0.2, 0.25) is 5.02 Å². The monoisotopic (exact) mass is 310 g/mol. The lowest BCUT2D eigenvalue weighted by molar-refractivity contribution is 0.584. The second-order valence-electron chi connectivity index (χ2n) is 3.50. The summed E-state index contributed by atoms with van der Waals surface area (Å²) in [5.74, 6) is 0.229. The van der Waals surface area contributed by atoms with Crippen molar-refractivity contribution in [2.24, 2.45) is 5.92 Å². The van der Waals surface area contributed by atoms with Crippen molar-refractivity contribution in [3.63, 3.8) is 0 Å². The highest BCUT2D eigenvalue weighted by molar-refractivity contribution is 9.09. The van der Waals surface area contributed by atoms with Gasteiger partial charge in [0.25, 0.3) is 0 Å². The second-order valence-corrected chi connectivity index (χ2v) is 6.62. The number of hydrogen-bond donors (Lipinski definition) is 0. The molecule has 1 atom stereocenters. The number of halogens is 2. The quantitative estimate of drug-likeness (QED) is 0.801. The average molecular weight is 312 g/mol. The Kier molecular flexibility index (Phi) is 4.62. The third-order valence-electron chi connectivity index (χ3n) is 1.92. The highest BCUT2D eigenvalue weighted by Gasteiger charge is 2.17. The minimum atomic E-state index is -3.21. The number of benzene rings is 1. The molecule has 0 aliphatic rings. The summed E-state index contributed by atoms with van der Waals surface area (Å²) in [6.07, 6.45) is 0. The van der Waals surface area contributed by atoms with E-state index in [2.05, 4.69) is 15.9 Å². The molecule has 0 heterocycles. The van der Waals surface area contributed by atoms with E-state index in [4.69, 9.17) is 11.6 Å². The van der Waals surface area contributed by atoms with Crippen LogP contribution in [0, 0.1) is 5.92 Å². The van der Waals surface area contributed by atoms with Gasteiger partial charge in [-0.15, -0.1) is 0 Å². The smallest absolute Gasteiger partial charge is 0.178 e. The zero-order chi connectivity index (χ0) is 11.5. The number of sulfone groups is 1. The van der Waals surface area contributed by atoms with Gasteiger partial charge in [-0.1, -0.05) is 40.5 Å². The maximum absolute atomic E-state index is 11.9. The Morgan fingerprint density at radius 3 is 2.67 bits per heavy atom. The van der Waals surface area contributed by atoms with Crippen LogP contribution in [0.25, 0.3) is 0 Å². The molecule has 0 saturated heterocycles. The Hall–Kier alpha value is -0.0600. The molecule has 15 heavy (non-hydrogen) atoms. The van der Waals surface area contributed by atoms with E-state index in [1.165, 1.54) is 6.07 Å². The van der Waals surface area contributed by atoms with E-state index in [-0.39, 0.29) is 11.7 Å². The first-order valence-electron chi connectivity index (χ1n) is 4.50.